The van der Waals surface area contributed by atoms with Crippen molar-refractivity contribution in [1.82, 2.24) is 9.97 Å². The van der Waals surface area contributed by atoms with Crippen LogP contribution in [0.1, 0.15) is 11.4 Å². The van der Waals surface area contributed by atoms with E-state index in [0.717, 1.165) is 12.1 Å². The third kappa shape index (κ3) is 2.00. The summed E-state index contributed by atoms with van der Waals surface area (Å²) in [5.74, 6) is -1.67. The first-order chi connectivity index (χ1) is 8.08. The molecule has 1 atom stereocenters. The first-order valence-electron chi connectivity index (χ1n) is 4.68. The van der Waals surface area contributed by atoms with Gasteiger partial charge in [-0.3, -0.25) is 0 Å². The van der Waals surface area contributed by atoms with Crippen molar-refractivity contribution in [2.75, 3.05) is 0 Å². The lowest BCUT2D eigenvalue weighted by Crippen LogP contribution is -2.23. The van der Waals surface area contributed by atoms with E-state index < -0.39 is 16.0 Å². The van der Waals surface area contributed by atoms with Crippen molar-refractivity contribution in [1.29, 1.82) is 0 Å². The lowest BCUT2D eigenvalue weighted by molar-refractivity contribution is -0.109. The zero-order chi connectivity index (χ0) is 12.5. The standard InChI is InChI=1S/C11H7BrF2N2O/c12-11(6-17,10-15-3-4-16-10)7-1-2-8(13)9(14)5-7/h1-6H,(H,15,16). The summed E-state index contributed by atoms with van der Waals surface area (Å²) in [6.45, 7) is 0. The molecule has 0 fully saturated rings. The Morgan fingerprint density at radius 2 is 2.12 bits per heavy atom. The van der Waals surface area contributed by atoms with Crippen LogP contribution in [0.4, 0.5) is 8.78 Å². The van der Waals surface area contributed by atoms with Crippen LogP contribution in [0, 0.1) is 11.6 Å². The van der Waals surface area contributed by atoms with Gasteiger partial charge in [0.15, 0.2) is 16.0 Å². The minimum atomic E-state index is -1.30. The highest BCUT2D eigenvalue weighted by atomic mass is 79.9. The summed E-state index contributed by atoms with van der Waals surface area (Å²) in [6, 6.07) is 3.25. The Labute approximate surface area is 104 Å². The van der Waals surface area contributed by atoms with Gasteiger partial charge in [-0.05, 0) is 17.7 Å². The minimum absolute atomic E-state index is 0.265. The highest BCUT2D eigenvalue weighted by Crippen LogP contribution is 2.35. The molecule has 0 saturated carbocycles. The van der Waals surface area contributed by atoms with Gasteiger partial charge >= 0.3 is 0 Å². The fourth-order valence-corrected chi connectivity index (χ4v) is 1.91. The molecule has 6 heteroatoms. The van der Waals surface area contributed by atoms with Gasteiger partial charge in [-0.25, -0.2) is 13.8 Å². The Balaban J connectivity index is 2.55. The molecule has 0 amide bonds. The van der Waals surface area contributed by atoms with Crippen molar-refractivity contribution >= 4 is 22.2 Å². The molecule has 88 valence electrons. The van der Waals surface area contributed by atoms with Crippen LogP contribution in [0.5, 0.6) is 0 Å². The third-order valence-corrected chi connectivity index (χ3v) is 3.37. The van der Waals surface area contributed by atoms with Gasteiger partial charge in [0.2, 0.25) is 0 Å². The van der Waals surface area contributed by atoms with E-state index in [1.54, 1.807) is 0 Å². The topological polar surface area (TPSA) is 45.8 Å². The molecule has 1 heterocycles. The smallest absolute Gasteiger partial charge is 0.163 e. The quantitative estimate of drug-likeness (QED) is 0.699. The van der Waals surface area contributed by atoms with Crippen molar-refractivity contribution in [3.05, 3.63) is 53.6 Å². The van der Waals surface area contributed by atoms with Crippen LogP contribution in [-0.4, -0.2) is 16.3 Å². The van der Waals surface area contributed by atoms with Crippen LogP contribution >= 0.6 is 15.9 Å². The van der Waals surface area contributed by atoms with Crippen molar-refractivity contribution in [3.63, 3.8) is 0 Å². The van der Waals surface area contributed by atoms with E-state index in [0.29, 0.717) is 12.1 Å². The molecule has 0 aliphatic carbocycles. The molecular weight excluding hydrogens is 294 g/mol. The van der Waals surface area contributed by atoms with Crippen LogP contribution in [0.2, 0.25) is 0 Å². The predicted octanol–water partition coefficient (Wildman–Crippen LogP) is 2.53. The number of imidazole rings is 1. The second kappa shape index (κ2) is 4.37. The molecule has 1 N–H and O–H groups in total. The maximum atomic E-state index is 13.1. The van der Waals surface area contributed by atoms with Crippen molar-refractivity contribution < 1.29 is 13.6 Å². The number of hydrogen-bond donors (Lipinski definition) is 1. The summed E-state index contributed by atoms with van der Waals surface area (Å²) in [6.07, 6.45) is 3.57. The molecule has 1 aromatic carbocycles. The number of benzene rings is 1. The van der Waals surface area contributed by atoms with E-state index in [4.69, 9.17) is 0 Å². The molecule has 1 unspecified atom stereocenters. The van der Waals surface area contributed by atoms with Crippen molar-refractivity contribution in [3.8, 4) is 0 Å². The normalized spacial score (nSPS) is 14.3. The van der Waals surface area contributed by atoms with Crippen LogP contribution < -0.4 is 0 Å². The van der Waals surface area contributed by atoms with E-state index in [-0.39, 0.29) is 5.56 Å². The van der Waals surface area contributed by atoms with Gasteiger partial charge in [0.1, 0.15) is 12.1 Å². The average Bonchev–Trinajstić information content (AvgIpc) is 2.86. The fraction of sp³-hybridized carbons (Fsp3) is 0.0909. The van der Waals surface area contributed by atoms with Gasteiger partial charge in [-0.2, -0.15) is 0 Å². The number of carbonyl (C=O) groups excluding carboxylic acids is 1. The zero-order valence-corrected chi connectivity index (χ0v) is 10.0. The summed E-state index contributed by atoms with van der Waals surface area (Å²) >= 11 is 3.19. The number of nitrogens with zero attached hydrogens (tertiary/aromatic N) is 1. The van der Waals surface area contributed by atoms with E-state index in [1.165, 1.54) is 18.5 Å². The van der Waals surface area contributed by atoms with Gasteiger partial charge < -0.3 is 9.78 Å². The fourth-order valence-electron chi connectivity index (χ4n) is 1.45. The number of halogens is 3. The third-order valence-electron chi connectivity index (χ3n) is 2.34. The molecule has 3 nitrogen and oxygen atoms in total. The number of hydrogen-bond acceptors (Lipinski definition) is 2. The number of alkyl halides is 1. The van der Waals surface area contributed by atoms with Crippen LogP contribution in [0.25, 0.3) is 0 Å². The number of aromatic amines is 1. The van der Waals surface area contributed by atoms with E-state index >= 15 is 0 Å². The van der Waals surface area contributed by atoms with E-state index in [9.17, 15) is 13.6 Å². The molecular formula is C11H7BrF2N2O. The highest BCUT2D eigenvalue weighted by Gasteiger charge is 2.34. The van der Waals surface area contributed by atoms with Gasteiger partial charge in [0.05, 0.1) is 0 Å². The Hall–Kier alpha value is -1.56. The molecule has 1 aromatic heterocycles. The average molecular weight is 301 g/mol. The highest BCUT2D eigenvalue weighted by molar-refractivity contribution is 9.10. The second-order valence-corrected chi connectivity index (χ2v) is 4.65. The van der Waals surface area contributed by atoms with E-state index in [1.807, 2.05) is 0 Å². The first kappa shape index (κ1) is 11.9. The maximum Gasteiger partial charge on any atom is 0.163 e. The van der Waals surface area contributed by atoms with Gasteiger partial charge in [0, 0.05) is 12.4 Å². The van der Waals surface area contributed by atoms with Gasteiger partial charge in [-0.1, -0.05) is 22.0 Å². The summed E-state index contributed by atoms with van der Waals surface area (Å²) in [5, 5.41) is 0. The molecule has 0 aliphatic rings. The molecule has 2 aromatic rings. The van der Waals surface area contributed by atoms with Crippen LogP contribution in [0.3, 0.4) is 0 Å². The molecule has 2 rings (SSSR count). The van der Waals surface area contributed by atoms with E-state index in [2.05, 4.69) is 25.9 Å². The lowest BCUT2D eigenvalue weighted by Gasteiger charge is -2.19. The number of nitrogens with one attached hydrogen (secondary N) is 1. The number of aldehydes is 1. The largest absolute Gasteiger partial charge is 0.347 e. The summed E-state index contributed by atoms with van der Waals surface area (Å²) in [7, 11) is 0. The zero-order valence-electron chi connectivity index (χ0n) is 8.45. The van der Waals surface area contributed by atoms with Gasteiger partial charge in [0.25, 0.3) is 0 Å². The first-order valence-corrected chi connectivity index (χ1v) is 5.48. The number of aromatic nitrogens is 2. The number of carbonyl (C=O) groups is 1. The molecule has 17 heavy (non-hydrogen) atoms. The van der Waals surface area contributed by atoms with Crippen molar-refractivity contribution in [2.45, 2.75) is 4.32 Å². The minimum Gasteiger partial charge on any atom is -0.347 e. The summed E-state index contributed by atoms with van der Waals surface area (Å²) in [5.41, 5.74) is 0.265. The molecule has 0 spiro atoms. The molecule has 0 aliphatic heterocycles. The van der Waals surface area contributed by atoms with Crippen LogP contribution in [-0.2, 0) is 9.12 Å². The number of rotatable bonds is 3. The second-order valence-electron chi connectivity index (χ2n) is 3.40. The van der Waals surface area contributed by atoms with Crippen LogP contribution in [0.15, 0.2) is 30.6 Å². The molecule has 0 radical (unpaired) electrons. The lowest BCUT2D eigenvalue weighted by atomic mass is 9.99. The van der Waals surface area contributed by atoms with Crippen molar-refractivity contribution in [2.24, 2.45) is 0 Å². The van der Waals surface area contributed by atoms with Gasteiger partial charge in [-0.15, -0.1) is 0 Å². The Morgan fingerprint density at radius 3 is 2.65 bits per heavy atom. The Kier molecular flexibility index (Phi) is 3.06. The predicted molar refractivity (Wildman–Crippen MR) is 60.7 cm³/mol. The SMILES string of the molecule is O=CC(Br)(c1ccc(F)c(F)c1)c1ncc[nH]1. The monoisotopic (exact) mass is 300 g/mol. The Bertz CT molecular complexity index is 544. The maximum absolute atomic E-state index is 13.1. The Morgan fingerprint density at radius 1 is 1.35 bits per heavy atom. The summed E-state index contributed by atoms with van der Waals surface area (Å²) < 4.78 is 24.7. The summed E-state index contributed by atoms with van der Waals surface area (Å²) in [4.78, 5) is 17.9. The molecule has 0 saturated heterocycles. The molecule has 0 bridgehead atoms. The number of H-pyrrole nitrogens is 1.